The maximum atomic E-state index is 12.5. The van der Waals surface area contributed by atoms with Gasteiger partial charge in [-0.25, -0.2) is 13.2 Å². The molecule has 2 N–H and O–H groups in total. The Morgan fingerprint density at radius 3 is 2.52 bits per heavy atom. The van der Waals surface area contributed by atoms with Crippen molar-refractivity contribution >= 4 is 31.9 Å². The Kier molecular flexibility index (Phi) is 6.75. The molecule has 7 nitrogen and oxygen atoms in total. The van der Waals surface area contributed by atoms with Crippen molar-refractivity contribution in [2.75, 3.05) is 33.4 Å². The fraction of sp³-hybridized carbons (Fsp3) is 0.417. The number of methoxy groups -OCH3 is 1. The van der Waals surface area contributed by atoms with E-state index in [2.05, 4.69) is 15.9 Å². The highest BCUT2D eigenvalue weighted by atomic mass is 79.9. The van der Waals surface area contributed by atoms with Gasteiger partial charge in [-0.3, -0.25) is 0 Å². The Hall–Kier alpha value is -1.00. The maximum Gasteiger partial charge on any atom is 0.335 e. The third-order valence-electron chi connectivity index (χ3n) is 2.69. The molecule has 0 heterocycles. The van der Waals surface area contributed by atoms with Gasteiger partial charge in [-0.2, -0.15) is 4.31 Å². The van der Waals surface area contributed by atoms with Crippen LogP contribution in [0.25, 0.3) is 0 Å². The minimum Gasteiger partial charge on any atom is -0.478 e. The average Bonchev–Trinajstić information content (AvgIpc) is 2.42. The van der Waals surface area contributed by atoms with Crippen molar-refractivity contribution in [3.05, 3.63) is 28.2 Å². The molecule has 1 aromatic carbocycles. The van der Waals surface area contributed by atoms with E-state index in [0.29, 0.717) is 0 Å². The van der Waals surface area contributed by atoms with Crippen LogP contribution in [0.15, 0.2) is 27.6 Å². The van der Waals surface area contributed by atoms with Crippen LogP contribution >= 0.6 is 15.9 Å². The van der Waals surface area contributed by atoms with Gasteiger partial charge in [0.25, 0.3) is 0 Å². The number of carbonyl (C=O) groups is 1. The molecule has 21 heavy (non-hydrogen) atoms. The number of aliphatic hydroxyl groups is 1. The molecule has 118 valence electrons. The first kappa shape index (κ1) is 18.1. The lowest BCUT2D eigenvalue weighted by atomic mass is 10.2. The average molecular weight is 382 g/mol. The molecule has 0 unspecified atom stereocenters. The normalized spacial score (nSPS) is 11.8. The van der Waals surface area contributed by atoms with Gasteiger partial charge >= 0.3 is 5.97 Å². The van der Waals surface area contributed by atoms with Crippen LogP contribution in [-0.4, -0.2) is 62.3 Å². The first-order valence-electron chi connectivity index (χ1n) is 5.97. The van der Waals surface area contributed by atoms with E-state index in [9.17, 15) is 13.2 Å². The Labute approximate surface area is 131 Å². The monoisotopic (exact) mass is 381 g/mol. The van der Waals surface area contributed by atoms with Gasteiger partial charge < -0.3 is 14.9 Å². The molecular formula is C12H16BrNO6S. The first-order valence-corrected chi connectivity index (χ1v) is 8.20. The lowest BCUT2D eigenvalue weighted by Gasteiger charge is -2.21. The first-order chi connectivity index (χ1) is 9.84. The molecule has 1 aromatic rings. The molecule has 0 spiro atoms. The van der Waals surface area contributed by atoms with Gasteiger partial charge in [0.1, 0.15) is 0 Å². The standard InChI is InChI=1S/C12H16BrNO6S/c1-20-7-5-14(4-6-15)21(18,19)11-3-2-9(12(16)17)8-10(11)13/h2-3,8,15H,4-7H2,1H3,(H,16,17). The van der Waals surface area contributed by atoms with Crippen LogP contribution < -0.4 is 0 Å². The van der Waals surface area contributed by atoms with Crippen LogP contribution in [0.2, 0.25) is 0 Å². The molecule has 0 saturated heterocycles. The van der Waals surface area contributed by atoms with Crippen molar-refractivity contribution in [2.24, 2.45) is 0 Å². The number of hydrogen-bond acceptors (Lipinski definition) is 5. The van der Waals surface area contributed by atoms with Crippen molar-refractivity contribution in [3.8, 4) is 0 Å². The fourth-order valence-electron chi connectivity index (χ4n) is 1.64. The Bertz CT molecular complexity index is 604. The molecule has 0 aliphatic heterocycles. The maximum absolute atomic E-state index is 12.5. The highest BCUT2D eigenvalue weighted by molar-refractivity contribution is 9.10. The van der Waals surface area contributed by atoms with Gasteiger partial charge in [-0.15, -0.1) is 0 Å². The summed E-state index contributed by atoms with van der Waals surface area (Å²) in [5.74, 6) is -1.15. The Morgan fingerprint density at radius 2 is 2.05 bits per heavy atom. The van der Waals surface area contributed by atoms with Crippen LogP contribution in [-0.2, 0) is 14.8 Å². The third kappa shape index (κ3) is 4.48. The number of carboxylic acid groups (broad SMARTS) is 1. The summed E-state index contributed by atoms with van der Waals surface area (Å²) in [5.41, 5.74) is -0.0218. The fourth-order valence-corrected chi connectivity index (χ4v) is 4.09. The molecule has 0 aromatic heterocycles. The van der Waals surface area contributed by atoms with Crippen LogP contribution in [0.4, 0.5) is 0 Å². The molecule has 0 amide bonds. The largest absolute Gasteiger partial charge is 0.478 e. The van der Waals surface area contributed by atoms with Gasteiger partial charge in [-0.1, -0.05) is 0 Å². The number of ether oxygens (including phenoxy) is 1. The molecule has 0 saturated carbocycles. The summed E-state index contributed by atoms with van der Waals surface area (Å²) in [6, 6.07) is 3.66. The Balaban J connectivity index is 3.18. The van der Waals surface area contributed by atoms with Crippen molar-refractivity contribution in [2.45, 2.75) is 4.90 Å². The quantitative estimate of drug-likeness (QED) is 0.689. The second-order valence-corrected chi connectivity index (χ2v) is 6.83. The van der Waals surface area contributed by atoms with E-state index in [1.807, 2.05) is 0 Å². The zero-order valence-electron chi connectivity index (χ0n) is 11.3. The topological polar surface area (TPSA) is 104 Å². The van der Waals surface area contributed by atoms with E-state index >= 15 is 0 Å². The van der Waals surface area contributed by atoms with Gasteiger partial charge in [-0.05, 0) is 34.1 Å². The number of sulfonamides is 1. The summed E-state index contributed by atoms with van der Waals surface area (Å²) in [6.07, 6.45) is 0. The zero-order valence-corrected chi connectivity index (χ0v) is 13.7. The minimum absolute atomic E-state index is 0.0218. The number of benzene rings is 1. The van der Waals surface area contributed by atoms with E-state index in [-0.39, 0.29) is 41.2 Å². The summed E-state index contributed by atoms with van der Waals surface area (Å²) in [7, 11) is -2.41. The van der Waals surface area contributed by atoms with Crippen molar-refractivity contribution < 1.29 is 28.2 Å². The SMILES string of the molecule is COCCN(CCO)S(=O)(=O)c1ccc(C(=O)O)cc1Br. The predicted octanol–water partition coefficient (Wildman–Crippen LogP) is 0.777. The van der Waals surface area contributed by atoms with Crippen LogP contribution in [0.5, 0.6) is 0 Å². The number of aliphatic hydroxyl groups excluding tert-OH is 1. The second kappa shape index (κ2) is 7.85. The van der Waals surface area contributed by atoms with Gasteiger partial charge in [0, 0.05) is 24.7 Å². The zero-order chi connectivity index (χ0) is 16.0. The van der Waals surface area contributed by atoms with Gasteiger partial charge in [0.15, 0.2) is 0 Å². The summed E-state index contributed by atoms with van der Waals surface area (Å²) >= 11 is 3.08. The number of rotatable bonds is 8. The van der Waals surface area contributed by atoms with Gasteiger partial charge in [0.2, 0.25) is 10.0 Å². The second-order valence-electron chi connectivity index (χ2n) is 4.07. The number of nitrogens with zero attached hydrogens (tertiary/aromatic N) is 1. The van der Waals surface area contributed by atoms with Crippen molar-refractivity contribution in [1.29, 1.82) is 0 Å². The molecule has 9 heteroatoms. The molecule has 0 aliphatic carbocycles. The Morgan fingerprint density at radius 1 is 1.38 bits per heavy atom. The molecular weight excluding hydrogens is 366 g/mol. The smallest absolute Gasteiger partial charge is 0.335 e. The van der Waals surface area contributed by atoms with E-state index in [0.717, 1.165) is 4.31 Å². The van der Waals surface area contributed by atoms with Crippen LogP contribution in [0, 0.1) is 0 Å². The number of carboxylic acids is 1. The van der Waals surface area contributed by atoms with Gasteiger partial charge in [0.05, 0.1) is 23.7 Å². The summed E-state index contributed by atoms with van der Waals surface area (Å²) in [4.78, 5) is 10.8. The van der Waals surface area contributed by atoms with Crippen LogP contribution in [0.3, 0.4) is 0 Å². The minimum atomic E-state index is -3.86. The lowest BCUT2D eigenvalue weighted by molar-refractivity contribution is 0.0696. The van der Waals surface area contributed by atoms with E-state index in [1.54, 1.807) is 0 Å². The summed E-state index contributed by atoms with van der Waals surface area (Å²) < 4.78 is 31.1. The van der Waals surface area contributed by atoms with Crippen molar-refractivity contribution in [1.82, 2.24) is 4.31 Å². The summed E-state index contributed by atoms with van der Waals surface area (Å²) in [6.45, 7) is -0.122. The summed E-state index contributed by atoms with van der Waals surface area (Å²) in [5, 5.41) is 17.9. The highest BCUT2D eigenvalue weighted by Gasteiger charge is 2.26. The number of aromatic carboxylic acids is 1. The van der Waals surface area contributed by atoms with E-state index in [4.69, 9.17) is 14.9 Å². The molecule has 0 bridgehead atoms. The van der Waals surface area contributed by atoms with E-state index < -0.39 is 16.0 Å². The third-order valence-corrected chi connectivity index (χ3v) is 5.57. The number of hydrogen-bond donors (Lipinski definition) is 2. The predicted molar refractivity (Wildman–Crippen MR) is 78.8 cm³/mol. The molecule has 0 atom stereocenters. The lowest BCUT2D eigenvalue weighted by Crippen LogP contribution is -2.36. The highest BCUT2D eigenvalue weighted by Crippen LogP contribution is 2.26. The molecule has 0 fully saturated rings. The molecule has 0 radical (unpaired) electrons. The molecule has 1 rings (SSSR count). The molecule has 0 aliphatic rings. The number of halogens is 1. The van der Waals surface area contributed by atoms with E-state index in [1.165, 1.54) is 25.3 Å². The van der Waals surface area contributed by atoms with Crippen molar-refractivity contribution in [3.63, 3.8) is 0 Å². The van der Waals surface area contributed by atoms with Crippen LogP contribution in [0.1, 0.15) is 10.4 Å².